The number of halogens is 5. The highest BCUT2D eigenvalue weighted by atomic mass is 35.5. The zero-order valence-corrected chi connectivity index (χ0v) is 31.1. The summed E-state index contributed by atoms with van der Waals surface area (Å²) in [7, 11) is 0. The topological polar surface area (TPSA) is 129 Å². The zero-order valence-electron chi connectivity index (χ0n) is 29.6. The fourth-order valence-corrected chi connectivity index (χ4v) is 9.46. The number of phenolic OH excluding ortho intramolecular Hbond substituents is 1. The third-order valence-corrected chi connectivity index (χ3v) is 12.0. The summed E-state index contributed by atoms with van der Waals surface area (Å²) in [5.41, 5.74) is 2.06. The SMILES string of the molecule is CCOc1cc([C@H]2C3=CC[C@@H]4C(=O)N(Cc5ccccc5)C(=O)[C@@H]4[C@@H]3C[C@H]3C(=O)N(Nc4ncc(C(F)(F)F)cc4Cl)C(=O)[C@@]23c2ccc(Cl)cc2)ccc1O. The highest BCUT2D eigenvalue weighted by Crippen LogP contribution is 2.64. The molecule has 8 rings (SSSR count). The largest absolute Gasteiger partial charge is 0.504 e. The van der Waals surface area contributed by atoms with Crippen LogP contribution >= 0.6 is 23.2 Å². The Kier molecular flexibility index (Phi) is 9.36. The van der Waals surface area contributed by atoms with Crippen LogP contribution in [0.15, 0.2) is 96.7 Å². The van der Waals surface area contributed by atoms with E-state index in [0.717, 1.165) is 10.6 Å². The molecule has 2 aliphatic heterocycles. The Bertz CT molecular complexity index is 2310. The number of alkyl halides is 3. The fraction of sp³-hybridized carbons (Fsp3) is 0.293. The number of likely N-dealkylation sites (tertiary alicyclic amines) is 1. The van der Waals surface area contributed by atoms with E-state index in [1.54, 1.807) is 43.3 Å². The lowest BCUT2D eigenvalue weighted by Gasteiger charge is -2.50. The smallest absolute Gasteiger partial charge is 0.417 e. The molecule has 56 heavy (non-hydrogen) atoms. The first-order chi connectivity index (χ1) is 26.7. The molecule has 0 unspecified atom stereocenters. The third-order valence-electron chi connectivity index (χ3n) is 11.4. The normalized spacial score (nSPS) is 25.8. The van der Waals surface area contributed by atoms with Gasteiger partial charge in [0.25, 0.3) is 11.8 Å². The van der Waals surface area contributed by atoms with Crippen LogP contribution in [0.25, 0.3) is 0 Å². The van der Waals surface area contributed by atoms with Gasteiger partial charge in [-0.2, -0.15) is 18.2 Å². The molecule has 4 aromatic rings. The number of carbonyl (C=O) groups is 4. The minimum Gasteiger partial charge on any atom is -0.504 e. The van der Waals surface area contributed by atoms with Crippen molar-refractivity contribution in [3.05, 3.63) is 129 Å². The predicted molar refractivity (Wildman–Crippen MR) is 198 cm³/mol. The van der Waals surface area contributed by atoms with Crippen LogP contribution in [-0.2, 0) is 37.3 Å². The quantitative estimate of drug-likeness (QED) is 0.137. The van der Waals surface area contributed by atoms with Crippen LogP contribution in [0.1, 0.15) is 47.9 Å². The zero-order chi connectivity index (χ0) is 39.7. The predicted octanol–water partition coefficient (Wildman–Crippen LogP) is 7.70. The maximum atomic E-state index is 15.4. The Morgan fingerprint density at radius 1 is 0.946 bits per heavy atom. The second kappa shape index (κ2) is 14.0. The lowest BCUT2D eigenvalue weighted by molar-refractivity contribution is -0.142. The number of imide groups is 2. The minimum absolute atomic E-state index is 0.0301. The molecule has 6 atom stereocenters. The van der Waals surface area contributed by atoms with E-state index in [4.69, 9.17) is 27.9 Å². The van der Waals surface area contributed by atoms with Crippen LogP contribution in [0.2, 0.25) is 10.0 Å². The minimum atomic E-state index is -4.75. The number of nitrogens with one attached hydrogen (secondary N) is 1. The second-order valence-electron chi connectivity index (χ2n) is 14.3. The van der Waals surface area contributed by atoms with Crippen molar-refractivity contribution in [1.82, 2.24) is 14.9 Å². The van der Waals surface area contributed by atoms with Crippen molar-refractivity contribution in [2.75, 3.05) is 12.0 Å². The number of phenols is 1. The molecule has 288 valence electrons. The van der Waals surface area contributed by atoms with Gasteiger partial charge in [-0.3, -0.25) is 29.5 Å². The summed E-state index contributed by atoms with van der Waals surface area (Å²) in [5, 5.41) is 11.4. The number of aromatic hydroxyl groups is 1. The van der Waals surface area contributed by atoms with E-state index in [1.807, 2.05) is 36.4 Å². The fourth-order valence-electron chi connectivity index (χ4n) is 9.13. The average Bonchev–Trinajstić information content (AvgIpc) is 3.54. The van der Waals surface area contributed by atoms with Gasteiger partial charge in [-0.25, -0.2) is 4.98 Å². The number of ether oxygens (including phenoxy) is 1. The maximum Gasteiger partial charge on any atom is 0.417 e. The first kappa shape index (κ1) is 37.5. The number of hydrogen-bond donors (Lipinski definition) is 2. The third kappa shape index (κ3) is 5.90. The van der Waals surface area contributed by atoms with Gasteiger partial charge in [-0.1, -0.05) is 83.4 Å². The van der Waals surface area contributed by atoms with Crippen LogP contribution in [0.3, 0.4) is 0 Å². The van der Waals surface area contributed by atoms with Crippen molar-refractivity contribution in [1.29, 1.82) is 0 Å². The Morgan fingerprint density at radius 2 is 1.68 bits per heavy atom. The summed E-state index contributed by atoms with van der Waals surface area (Å²) in [5.74, 6) is -7.01. The van der Waals surface area contributed by atoms with E-state index in [2.05, 4.69) is 10.4 Å². The number of hydrazine groups is 1. The molecule has 3 aromatic carbocycles. The highest BCUT2D eigenvalue weighted by Gasteiger charge is 2.70. The average molecular weight is 806 g/mol. The highest BCUT2D eigenvalue weighted by molar-refractivity contribution is 6.33. The summed E-state index contributed by atoms with van der Waals surface area (Å²) in [6.07, 6.45) is -2.17. The molecule has 4 aliphatic rings. The molecule has 1 saturated carbocycles. The Hall–Kier alpha value is -5.40. The van der Waals surface area contributed by atoms with Gasteiger partial charge in [0.1, 0.15) is 0 Å². The monoisotopic (exact) mass is 804 g/mol. The number of allylic oxidation sites excluding steroid dienone is 2. The van der Waals surface area contributed by atoms with E-state index in [0.29, 0.717) is 34.0 Å². The molecular formula is C41H33Cl2F3N4O6. The van der Waals surface area contributed by atoms with Gasteiger partial charge in [-0.15, -0.1) is 0 Å². The van der Waals surface area contributed by atoms with E-state index in [1.165, 1.54) is 11.0 Å². The molecule has 0 bridgehead atoms. The first-order valence-corrected chi connectivity index (χ1v) is 18.7. The maximum absolute atomic E-state index is 15.4. The molecule has 10 nitrogen and oxygen atoms in total. The first-order valence-electron chi connectivity index (χ1n) is 17.9. The summed E-state index contributed by atoms with van der Waals surface area (Å²) >= 11 is 12.6. The van der Waals surface area contributed by atoms with Gasteiger partial charge < -0.3 is 9.84 Å². The van der Waals surface area contributed by atoms with Gasteiger partial charge in [-0.05, 0) is 72.7 Å². The number of amides is 4. The molecule has 2 aliphatic carbocycles. The van der Waals surface area contributed by atoms with Crippen LogP contribution in [0, 0.1) is 23.7 Å². The number of nitrogens with zero attached hydrogens (tertiary/aromatic N) is 3. The van der Waals surface area contributed by atoms with E-state index >= 15 is 4.79 Å². The van der Waals surface area contributed by atoms with Crippen molar-refractivity contribution >= 4 is 52.6 Å². The molecule has 0 spiro atoms. The van der Waals surface area contributed by atoms with Gasteiger partial charge in [0, 0.05) is 17.1 Å². The number of hydrogen-bond acceptors (Lipinski definition) is 8. The number of fused-ring (bicyclic) bond motifs is 4. The van der Waals surface area contributed by atoms with Gasteiger partial charge in [0.15, 0.2) is 17.3 Å². The summed E-state index contributed by atoms with van der Waals surface area (Å²) in [6, 6.07) is 20.9. The van der Waals surface area contributed by atoms with Crippen LogP contribution < -0.4 is 10.2 Å². The standard InChI is InChI=1S/C41H33Cl2F3N4O6/c1-2-56-32-16-22(8-15-31(32)51)34-26-13-14-27-33(38(54)49(36(27)52)20-21-6-4-3-5-7-21)28(26)18-29-37(53)50(39(55)40(29,34)23-9-11-25(42)12-10-23)48-35-30(43)17-24(19-47-35)41(44,45)46/h3-13,15-17,19,27-29,33-34,51H,2,14,18,20H2,1H3,(H,47,48)/t27-,28+,29-,33-,34-,40+/m0/s1. The molecule has 15 heteroatoms. The number of rotatable bonds is 8. The Balaban J connectivity index is 1.30. The lowest BCUT2D eigenvalue weighted by Crippen LogP contribution is -2.53. The molecule has 2 saturated heterocycles. The van der Waals surface area contributed by atoms with Crippen LogP contribution in [0.4, 0.5) is 19.0 Å². The van der Waals surface area contributed by atoms with E-state index in [9.17, 15) is 32.7 Å². The van der Waals surface area contributed by atoms with E-state index in [-0.39, 0.29) is 55.1 Å². The number of pyridine rings is 1. The Labute approximate surface area is 328 Å². The second-order valence-corrected chi connectivity index (χ2v) is 15.2. The number of aromatic nitrogens is 1. The number of carbonyl (C=O) groups excluding carboxylic acids is 4. The molecule has 3 heterocycles. The molecule has 0 radical (unpaired) electrons. The Morgan fingerprint density at radius 3 is 2.36 bits per heavy atom. The molecule has 4 amide bonds. The lowest BCUT2D eigenvalue weighted by atomic mass is 9.49. The van der Waals surface area contributed by atoms with Crippen molar-refractivity contribution in [2.24, 2.45) is 23.7 Å². The van der Waals surface area contributed by atoms with Crippen LogP contribution in [-0.4, -0.2) is 50.2 Å². The van der Waals surface area contributed by atoms with Crippen molar-refractivity contribution in [3.8, 4) is 11.5 Å². The van der Waals surface area contributed by atoms with Gasteiger partial charge in [0.2, 0.25) is 11.8 Å². The van der Waals surface area contributed by atoms with Crippen molar-refractivity contribution < 1.29 is 42.2 Å². The number of anilines is 1. The number of benzene rings is 3. The molecule has 3 fully saturated rings. The van der Waals surface area contributed by atoms with Gasteiger partial charge in [0.05, 0.1) is 46.9 Å². The summed E-state index contributed by atoms with van der Waals surface area (Å²) in [4.78, 5) is 63.7. The summed E-state index contributed by atoms with van der Waals surface area (Å²) in [6.45, 7) is 2.01. The van der Waals surface area contributed by atoms with Crippen molar-refractivity contribution in [2.45, 2.75) is 43.8 Å². The molecule has 1 aromatic heterocycles. The molecule has 2 N–H and O–H groups in total. The van der Waals surface area contributed by atoms with Crippen molar-refractivity contribution in [3.63, 3.8) is 0 Å². The van der Waals surface area contributed by atoms with Gasteiger partial charge >= 0.3 is 6.18 Å². The van der Waals surface area contributed by atoms with Crippen LogP contribution in [0.5, 0.6) is 11.5 Å². The summed E-state index contributed by atoms with van der Waals surface area (Å²) < 4.78 is 46.3. The molecular weight excluding hydrogens is 772 g/mol. The van der Waals surface area contributed by atoms with E-state index < -0.39 is 63.6 Å².